The van der Waals surface area contributed by atoms with Gasteiger partial charge >= 0.3 is 0 Å². The second-order valence-corrected chi connectivity index (χ2v) is 7.26. The summed E-state index contributed by atoms with van der Waals surface area (Å²) in [4.78, 5) is 16.4. The molecule has 2 aliphatic heterocycles. The van der Waals surface area contributed by atoms with Crippen LogP contribution in [0.2, 0.25) is 0 Å². The van der Waals surface area contributed by atoms with Crippen molar-refractivity contribution in [2.45, 2.75) is 24.7 Å². The van der Waals surface area contributed by atoms with Crippen molar-refractivity contribution in [3.05, 3.63) is 35.9 Å². The first-order valence-corrected chi connectivity index (χ1v) is 9.13. The molecule has 134 valence electrons. The quantitative estimate of drug-likeness (QED) is 0.794. The number of hydrogen-bond donors (Lipinski definition) is 0. The molecule has 25 heavy (non-hydrogen) atoms. The second kappa shape index (κ2) is 7.99. The van der Waals surface area contributed by atoms with Gasteiger partial charge in [-0.3, -0.25) is 4.79 Å². The predicted molar refractivity (Wildman–Crippen MR) is 96.0 cm³/mol. The molecule has 1 atom stereocenters. The van der Waals surface area contributed by atoms with E-state index in [4.69, 9.17) is 4.74 Å². The summed E-state index contributed by atoms with van der Waals surface area (Å²) in [7, 11) is 1.67. The first-order valence-electron chi connectivity index (χ1n) is 9.13. The van der Waals surface area contributed by atoms with E-state index < -0.39 is 0 Å². The lowest BCUT2D eigenvalue weighted by Crippen LogP contribution is -2.44. The summed E-state index contributed by atoms with van der Waals surface area (Å²) in [5, 5.41) is 9.79. The Kier molecular flexibility index (Phi) is 5.72. The van der Waals surface area contributed by atoms with Crippen molar-refractivity contribution >= 4 is 5.91 Å². The highest BCUT2D eigenvalue weighted by molar-refractivity contribution is 5.78. The van der Waals surface area contributed by atoms with Crippen molar-refractivity contribution < 1.29 is 9.53 Å². The van der Waals surface area contributed by atoms with Gasteiger partial charge in [-0.1, -0.05) is 30.3 Å². The van der Waals surface area contributed by atoms with Gasteiger partial charge in [0.15, 0.2) is 0 Å². The molecular weight excluding hydrogens is 314 g/mol. The van der Waals surface area contributed by atoms with Crippen LogP contribution in [0.3, 0.4) is 0 Å². The van der Waals surface area contributed by atoms with Crippen molar-refractivity contribution in [1.29, 1.82) is 5.26 Å². The molecule has 2 heterocycles. The molecule has 0 aliphatic carbocycles. The molecule has 2 saturated heterocycles. The number of piperidine rings is 1. The summed E-state index contributed by atoms with van der Waals surface area (Å²) in [5.74, 6) is 0.644. The maximum Gasteiger partial charge on any atom is 0.223 e. The SMILES string of the molecule is COCCN1C[C@@H](CN2CCC(C#N)(c3ccccc3)CC2)CC1=O. The molecule has 0 spiro atoms. The van der Waals surface area contributed by atoms with E-state index in [0.717, 1.165) is 44.6 Å². The van der Waals surface area contributed by atoms with E-state index in [9.17, 15) is 10.1 Å². The third-order valence-corrected chi connectivity index (χ3v) is 5.63. The number of benzene rings is 1. The highest BCUT2D eigenvalue weighted by Gasteiger charge is 2.38. The first-order chi connectivity index (χ1) is 12.2. The van der Waals surface area contributed by atoms with Gasteiger partial charge in [-0.25, -0.2) is 0 Å². The predicted octanol–water partition coefficient (Wildman–Crippen LogP) is 2.04. The smallest absolute Gasteiger partial charge is 0.223 e. The van der Waals surface area contributed by atoms with Gasteiger partial charge in [0.05, 0.1) is 18.1 Å². The second-order valence-electron chi connectivity index (χ2n) is 7.26. The van der Waals surface area contributed by atoms with Crippen molar-refractivity contribution in [2.24, 2.45) is 5.92 Å². The molecule has 5 heteroatoms. The zero-order valence-electron chi connectivity index (χ0n) is 15.0. The van der Waals surface area contributed by atoms with Gasteiger partial charge in [0, 0.05) is 33.2 Å². The molecule has 2 aliphatic rings. The molecule has 0 N–H and O–H groups in total. The topological polar surface area (TPSA) is 56.6 Å². The third-order valence-electron chi connectivity index (χ3n) is 5.63. The largest absolute Gasteiger partial charge is 0.383 e. The van der Waals surface area contributed by atoms with Crippen LogP contribution in [-0.4, -0.2) is 62.1 Å². The minimum Gasteiger partial charge on any atom is -0.383 e. The van der Waals surface area contributed by atoms with Crippen molar-refractivity contribution in [3.8, 4) is 6.07 Å². The fraction of sp³-hybridized carbons (Fsp3) is 0.600. The number of carbonyl (C=O) groups excluding carboxylic acids is 1. The van der Waals surface area contributed by atoms with Crippen LogP contribution in [0.4, 0.5) is 0 Å². The van der Waals surface area contributed by atoms with Gasteiger partial charge in [0.1, 0.15) is 0 Å². The number of amides is 1. The summed E-state index contributed by atoms with van der Waals surface area (Å²) in [6.45, 7) is 4.92. The van der Waals surface area contributed by atoms with Gasteiger partial charge in [-0.2, -0.15) is 5.26 Å². The molecule has 5 nitrogen and oxygen atoms in total. The molecule has 3 rings (SSSR count). The van der Waals surface area contributed by atoms with Crippen molar-refractivity contribution in [3.63, 3.8) is 0 Å². The van der Waals surface area contributed by atoms with E-state index >= 15 is 0 Å². The zero-order chi connectivity index (χ0) is 17.7. The van der Waals surface area contributed by atoms with Crippen LogP contribution in [-0.2, 0) is 14.9 Å². The molecule has 0 unspecified atom stereocenters. The number of hydrogen-bond acceptors (Lipinski definition) is 4. The van der Waals surface area contributed by atoms with Crippen LogP contribution in [0.25, 0.3) is 0 Å². The van der Waals surface area contributed by atoms with Gasteiger partial charge in [-0.15, -0.1) is 0 Å². The monoisotopic (exact) mass is 341 g/mol. The summed E-state index contributed by atoms with van der Waals surface area (Å²) in [5.41, 5.74) is 0.784. The summed E-state index contributed by atoms with van der Waals surface area (Å²) in [6.07, 6.45) is 2.37. The van der Waals surface area contributed by atoms with Crippen LogP contribution in [0.15, 0.2) is 30.3 Å². The Hall–Kier alpha value is -1.90. The Labute approximate surface area is 150 Å². The lowest BCUT2D eigenvalue weighted by Gasteiger charge is -2.38. The zero-order valence-corrected chi connectivity index (χ0v) is 15.0. The Morgan fingerprint density at radius 1 is 1.28 bits per heavy atom. The Morgan fingerprint density at radius 2 is 2.00 bits per heavy atom. The van der Waals surface area contributed by atoms with Crippen molar-refractivity contribution in [1.82, 2.24) is 9.80 Å². The number of methoxy groups -OCH3 is 1. The van der Waals surface area contributed by atoms with E-state index in [1.165, 1.54) is 0 Å². The molecule has 0 aromatic heterocycles. The minimum absolute atomic E-state index is 0.245. The normalized spacial score (nSPS) is 23.6. The Morgan fingerprint density at radius 3 is 2.64 bits per heavy atom. The average molecular weight is 341 g/mol. The average Bonchev–Trinajstić information content (AvgIpc) is 3.00. The van der Waals surface area contributed by atoms with E-state index in [0.29, 0.717) is 25.5 Å². The number of rotatable bonds is 6. The number of nitrogens with zero attached hydrogens (tertiary/aromatic N) is 3. The molecule has 2 fully saturated rings. The maximum absolute atomic E-state index is 12.1. The molecular formula is C20H27N3O2. The molecule has 0 radical (unpaired) electrons. The van der Waals surface area contributed by atoms with Gasteiger partial charge in [-0.05, 0) is 37.4 Å². The summed E-state index contributed by atoms with van der Waals surface area (Å²) < 4.78 is 5.08. The summed E-state index contributed by atoms with van der Waals surface area (Å²) in [6, 6.07) is 12.7. The van der Waals surface area contributed by atoms with E-state index in [1.807, 2.05) is 23.1 Å². The molecule has 1 aromatic rings. The summed E-state index contributed by atoms with van der Waals surface area (Å²) >= 11 is 0. The first kappa shape index (κ1) is 17.9. The van der Waals surface area contributed by atoms with Gasteiger partial charge in [0.2, 0.25) is 5.91 Å². The minimum atomic E-state index is -0.353. The highest BCUT2D eigenvalue weighted by Crippen LogP contribution is 2.35. The lowest BCUT2D eigenvalue weighted by atomic mass is 9.74. The Bertz CT molecular complexity index is 618. The fourth-order valence-electron chi connectivity index (χ4n) is 4.10. The fourth-order valence-corrected chi connectivity index (χ4v) is 4.10. The number of carbonyl (C=O) groups is 1. The van der Waals surface area contributed by atoms with Crippen LogP contribution >= 0.6 is 0 Å². The van der Waals surface area contributed by atoms with Crippen LogP contribution in [0, 0.1) is 17.2 Å². The number of nitriles is 1. The van der Waals surface area contributed by atoms with Gasteiger partial charge in [0.25, 0.3) is 0 Å². The third kappa shape index (κ3) is 4.02. The number of likely N-dealkylation sites (tertiary alicyclic amines) is 2. The van der Waals surface area contributed by atoms with Crippen LogP contribution < -0.4 is 0 Å². The molecule has 0 bridgehead atoms. The van der Waals surface area contributed by atoms with E-state index in [1.54, 1.807) is 7.11 Å². The van der Waals surface area contributed by atoms with E-state index in [2.05, 4.69) is 23.1 Å². The van der Waals surface area contributed by atoms with Crippen LogP contribution in [0.5, 0.6) is 0 Å². The van der Waals surface area contributed by atoms with E-state index in [-0.39, 0.29) is 11.3 Å². The van der Waals surface area contributed by atoms with Gasteiger partial charge < -0.3 is 14.5 Å². The Balaban J connectivity index is 1.53. The molecule has 1 amide bonds. The lowest BCUT2D eigenvalue weighted by molar-refractivity contribution is -0.128. The number of ether oxygens (including phenoxy) is 1. The highest BCUT2D eigenvalue weighted by atomic mass is 16.5. The standard InChI is InChI=1S/C20H27N3O2/c1-25-12-11-23-15-17(13-19(23)24)14-22-9-7-20(16-21,8-10-22)18-5-3-2-4-6-18/h2-6,17H,7-15H2,1H3/t17-/m1/s1. The van der Waals surface area contributed by atoms with Crippen molar-refractivity contribution in [2.75, 3.05) is 46.4 Å². The molecule has 0 saturated carbocycles. The van der Waals surface area contributed by atoms with Crippen LogP contribution in [0.1, 0.15) is 24.8 Å². The molecule has 1 aromatic carbocycles. The maximum atomic E-state index is 12.1.